The number of ketones is 1. The van der Waals surface area contributed by atoms with Crippen LogP contribution in [-0.2, 0) is 12.6 Å². The van der Waals surface area contributed by atoms with Crippen molar-refractivity contribution in [2.75, 3.05) is 5.75 Å². The number of rotatable bonds is 6. The first-order chi connectivity index (χ1) is 24.7. The zero-order valence-corrected chi connectivity index (χ0v) is 31.2. The lowest BCUT2D eigenvalue weighted by Gasteiger charge is -2.44. The van der Waals surface area contributed by atoms with Crippen LogP contribution >= 0.6 is 34.7 Å². The Labute approximate surface area is 313 Å². The fourth-order valence-corrected chi connectivity index (χ4v) is 10.5. The third-order valence-electron chi connectivity index (χ3n) is 11.0. The highest BCUT2D eigenvalue weighted by atomic mass is 35.5. The minimum absolute atomic E-state index is 0.0319. The third-order valence-corrected chi connectivity index (χ3v) is 13.7. The number of benzene rings is 3. The number of carbonyl (C=O) groups is 1. The highest BCUT2D eigenvalue weighted by molar-refractivity contribution is 8.01. The third kappa shape index (κ3) is 7.25. The molecule has 0 spiro atoms. The molecular formula is C41H39ClF3NO4S2. The molecule has 4 unspecified atom stereocenters. The fourth-order valence-electron chi connectivity index (χ4n) is 7.90. The zero-order valence-electron chi connectivity index (χ0n) is 28.8. The Bertz CT molecular complexity index is 2130. The molecule has 2 aromatic heterocycles. The largest absolute Gasteiger partial charge is 0.453 e. The lowest BCUT2D eigenvalue weighted by atomic mass is 9.65. The summed E-state index contributed by atoms with van der Waals surface area (Å²) >= 11 is 9.49. The number of hydrogen-bond acceptors (Lipinski definition) is 7. The first-order valence-corrected chi connectivity index (χ1v) is 19.6. The van der Waals surface area contributed by atoms with Crippen molar-refractivity contribution in [2.24, 2.45) is 5.41 Å². The molecule has 0 saturated heterocycles. The first-order valence-electron chi connectivity index (χ1n) is 17.4. The summed E-state index contributed by atoms with van der Waals surface area (Å²) in [6.07, 6.45) is 1.22. The molecule has 3 aliphatic rings. The molecule has 272 valence electrons. The van der Waals surface area contributed by atoms with Gasteiger partial charge in [0.15, 0.2) is 10.1 Å². The maximum Gasteiger partial charge on any atom is 0.416 e. The van der Waals surface area contributed by atoms with E-state index in [1.807, 2.05) is 42.5 Å². The highest BCUT2D eigenvalue weighted by Crippen LogP contribution is 2.60. The van der Waals surface area contributed by atoms with Gasteiger partial charge >= 0.3 is 6.18 Å². The number of allylic oxidation sites excluding steroid dienone is 2. The summed E-state index contributed by atoms with van der Waals surface area (Å²) in [5.41, 5.74) is 1.53. The Morgan fingerprint density at radius 1 is 1.08 bits per heavy atom. The monoisotopic (exact) mass is 765 g/mol. The van der Waals surface area contributed by atoms with Crippen molar-refractivity contribution >= 4 is 50.7 Å². The van der Waals surface area contributed by atoms with E-state index in [4.69, 9.17) is 21.0 Å². The zero-order chi connectivity index (χ0) is 36.8. The molecule has 1 fully saturated rings. The van der Waals surface area contributed by atoms with Gasteiger partial charge in [0, 0.05) is 22.3 Å². The second-order valence-corrected chi connectivity index (χ2v) is 17.0. The molecule has 1 saturated carbocycles. The van der Waals surface area contributed by atoms with E-state index in [1.165, 1.54) is 23.8 Å². The molecule has 0 aliphatic heterocycles. The molecule has 8 rings (SSSR count). The summed E-state index contributed by atoms with van der Waals surface area (Å²) < 4.78 is 48.6. The van der Waals surface area contributed by atoms with Crippen molar-refractivity contribution in [1.82, 2.24) is 4.98 Å². The van der Waals surface area contributed by atoms with Crippen molar-refractivity contribution in [3.63, 3.8) is 0 Å². The van der Waals surface area contributed by atoms with Crippen LogP contribution in [0.1, 0.15) is 91.1 Å². The van der Waals surface area contributed by atoms with Gasteiger partial charge in [-0.25, -0.2) is 4.98 Å². The summed E-state index contributed by atoms with van der Waals surface area (Å²) in [5.74, 6) is -0.178. The number of aromatic nitrogens is 1. The minimum Gasteiger partial charge on any atom is -0.453 e. The van der Waals surface area contributed by atoms with E-state index in [-0.39, 0.29) is 28.0 Å². The number of alkyl halides is 3. The molecule has 3 aromatic carbocycles. The summed E-state index contributed by atoms with van der Waals surface area (Å²) in [4.78, 5) is 19.3. The van der Waals surface area contributed by atoms with E-state index in [2.05, 4.69) is 19.9 Å². The topological polar surface area (TPSA) is 83.6 Å². The van der Waals surface area contributed by atoms with Crippen LogP contribution in [-0.4, -0.2) is 38.4 Å². The van der Waals surface area contributed by atoms with Crippen LogP contribution in [0, 0.1) is 5.41 Å². The molecule has 5 aromatic rings. The second-order valence-electron chi connectivity index (χ2n) is 14.4. The number of furan rings is 1. The van der Waals surface area contributed by atoms with E-state index in [9.17, 15) is 28.2 Å². The number of thiazole rings is 1. The number of carbonyl (C=O) groups excluding carboxylic acids is 1. The molecule has 52 heavy (non-hydrogen) atoms. The van der Waals surface area contributed by atoms with E-state index in [0.29, 0.717) is 43.4 Å². The normalized spacial score (nSPS) is 24.1. The summed E-state index contributed by atoms with van der Waals surface area (Å²) in [6, 6.07) is 19.6. The first kappa shape index (κ1) is 36.9. The van der Waals surface area contributed by atoms with Crippen LogP contribution in [0.2, 0.25) is 5.02 Å². The van der Waals surface area contributed by atoms with Gasteiger partial charge < -0.3 is 14.6 Å². The van der Waals surface area contributed by atoms with Gasteiger partial charge in [0.2, 0.25) is 5.78 Å². The molecule has 0 radical (unpaired) electrons. The molecule has 2 heterocycles. The van der Waals surface area contributed by atoms with Gasteiger partial charge in [-0.05, 0) is 117 Å². The SMILES string of the molecule is CC1=CCCC2(C)C(CCC2(O)CSc2nc3ccccc3s2)c2ccc(cc2C(=O)c2ccc(-c3cc(C(F)(F)F)ccc3Cl)o2)CC(O)CC1. The summed E-state index contributed by atoms with van der Waals surface area (Å²) in [7, 11) is 0. The number of aliphatic hydroxyl groups is 2. The van der Waals surface area contributed by atoms with E-state index < -0.39 is 34.6 Å². The van der Waals surface area contributed by atoms with Gasteiger partial charge in [-0.15, -0.1) is 11.3 Å². The maximum atomic E-state index is 14.5. The molecule has 5 nitrogen and oxygen atoms in total. The number of fused-ring (bicyclic) bond motifs is 9. The van der Waals surface area contributed by atoms with Crippen LogP contribution in [0.4, 0.5) is 13.2 Å². The minimum atomic E-state index is -4.58. The van der Waals surface area contributed by atoms with E-state index in [1.54, 1.807) is 23.1 Å². The van der Waals surface area contributed by atoms with Crippen LogP contribution < -0.4 is 0 Å². The van der Waals surface area contributed by atoms with E-state index in [0.717, 1.165) is 50.7 Å². The Kier molecular flexibility index (Phi) is 10.3. The lowest BCUT2D eigenvalue weighted by Crippen LogP contribution is -2.46. The van der Waals surface area contributed by atoms with Crippen molar-refractivity contribution < 1.29 is 32.6 Å². The molecule has 4 atom stereocenters. The molecule has 3 aliphatic carbocycles. The van der Waals surface area contributed by atoms with Gasteiger partial charge in [0.05, 0.1) is 32.5 Å². The quantitative estimate of drug-likeness (QED) is 0.102. The Morgan fingerprint density at radius 2 is 1.88 bits per heavy atom. The van der Waals surface area contributed by atoms with Gasteiger partial charge in [-0.3, -0.25) is 4.79 Å². The molecule has 2 N–H and O–H groups in total. The molecule has 2 bridgehead atoms. The van der Waals surface area contributed by atoms with Crippen molar-refractivity contribution in [1.29, 1.82) is 0 Å². The average molecular weight is 766 g/mol. The van der Waals surface area contributed by atoms with Crippen molar-refractivity contribution in [3.05, 3.63) is 117 Å². The Morgan fingerprint density at radius 3 is 2.67 bits per heavy atom. The molecule has 0 amide bonds. The van der Waals surface area contributed by atoms with Crippen LogP contribution in [0.3, 0.4) is 0 Å². The predicted octanol–water partition coefficient (Wildman–Crippen LogP) is 11.3. The lowest BCUT2D eigenvalue weighted by molar-refractivity contribution is -0.137. The fraction of sp³-hybridized carbons (Fsp3) is 0.366. The Hall–Kier alpha value is -3.41. The van der Waals surface area contributed by atoms with Crippen LogP contribution in [0.5, 0.6) is 0 Å². The van der Waals surface area contributed by atoms with Crippen molar-refractivity contribution in [3.8, 4) is 11.3 Å². The average Bonchev–Trinajstić information content (AvgIpc) is 3.82. The van der Waals surface area contributed by atoms with Crippen LogP contribution in [0.25, 0.3) is 21.5 Å². The smallest absolute Gasteiger partial charge is 0.416 e. The maximum absolute atomic E-state index is 14.5. The standard InChI is InChI=1S/C41H39ClF3NO4S2/c1-24-6-5-18-39(2)31(17-19-40(39,49)23-51-38-46-33-7-3-4-8-36(33)52-38)28-13-10-25(20-27(47)12-9-24)21-29(28)37(48)35-16-15-34(50-35)30-22-26(41(43,44)45)11-14-32(30)42/h3-4,6-8,10-11,13-16,21-22,27,31,47,49H,5,9,12,17-20,23H2,1-2H3. The highest BCUT2D eigenvalue weighted by Gasteiger charge is 2.56. The van der Waals surface area contributed by atoms with Crippen LogP contribution in [0.15, 0.2) is 93.2 Å². The summed E-state index contributed by atoms with van der Waals surface area (Å²) in [6.45, 7) is 4.21. The van der Waals surface area contributed by atoms with Gasteiger partial charge in [0.25, 0.3) is 0 Å². The van der Waals surface area contributed by atoms with Gasteiger partial charge in [-0.1, -0.05) is 66.2 Å². The predicted molar refractivity (Wildman–Crippen MR) is 201 cm³/mol. The van der Waals surface area contributed by atoms with Gasteiger partial charge in [0.1, 0.15) is 5.76 Å². The second kappa shape index (κ2) is 14.4. The van der Waals surface area contributed by atoms with Gasteiger partial charge in [-0.2, -0.15) is 13.2 Å². The van der Waals surface area contributed by atoms with E-state index >= 15 is 0 Å². The summed E-state index contributed by atoms with van der Waals surface area (Å²) in [5, 5.41) is 23.6. The number of para-hydroxylation sites is 1. The number of hydrogen-bond donors (Lipinski definition) is 2. The number of nitrogens with zero attached hydrogens (tertiary/aromatic N) is 1. The molecular weight excluding hydrogens is 727 g/mol. The number of thioether (sulfide) groups is 1. The number of halogens is 4. The molecule has 11 heteroatoms. The number of aliphatic hydroxyl groups excluding tert-OH is 1. The van der Waals surface area contributed by atoms with Crippen molar-refractivity contribution in [2.45, 2.75) is 86.9 Å². The Balaban J connectivity index is 1.27.